The lowest BCUT2D eigenvalue weighted by atomic mass is 10.00. The van der Waals surface area contributed by atoms with Gasteiger partial charge in [0.05, 0.1) is 11.8 Å². The van der Waals surface area contributed by atoms with Gasteiger partial charge in [-0.2, -0.15) is 0 Å². The second-order valence-electron chi connectivity index (χ2n) is 7.15. The number of benzene rings is 1. The number of nitrogens with zero attached hydrogens (tertiary/aromatic N) is 1. The lowest BCUT2D eigenvalue weighted by molar-refractivity contribution is -0.136. The van der Waals surface area contributed by atoms with Gasteiger partial charge in [0.2, 0.25) is 11.8 Å². The number of piperidine rings is 1. The standard InChI is InChI=1S/C19H25ClN2O2/c1-13-3-2-10-22(12-13)19(24)17-11-16(17)18(23)21-9-8-14-4-6-15(20)7-5-14/h4-7,13,16-17H,2-3,8-12H2,1H3,(H,21,23). The number of hydrogen-bond acceptors (Lipinski definition) is 2. The molecule has 1 saturated carbocycles. The molecule has 3 rings (SSSR count). The molecule has 0 radical (unpaired) electrons. The minimum atomic E-state index is -0.125. The molecule has 5 heteroatoms. The molecule has 1 aliphatic heterocycles. The van der Waals surface area contributed by atoms with Crippen LogP contribution in [0.5, 0.6) is 0 Å². The predicted octanol–water partition coefficient (Wildman–Crippen LogP) is 2.89. The average Bonchev–Trinajstić information content (AvgIpc) is 3.36. The van der Waals surface area contributed by atoms with Crippen LogP contribution in [0, 0.1) is 17.8 Å². The number of amides is 2. The summed E-state index contributed by atoms with van der Waals surface area (Å²) in [4.78, 5) is 26.6. The molecule has 0 aromatic heterocycles. The molecule has 130 valence electrons. The number of likely N-dealkylation sites (tertiary alicyclic amines) is 1. The van der Waals surface area contributed by atoms with E-state index < -0.39 is 0 Å². The average molecular weight is 349 g/mol. The van der Waals surface area contributed by atoms with Gasteiger partial charge in [0.15, 0.2) is 0 Å². The van der Waals surface area contributed by atoms with E-state index in [0.717, 1.165) is 31.5 Å². The quantitative estimate of drug-likeness (QED) is 0.889. The highest BCUT2D eigenvalue weighted by Gasteiger charge is 2.49. The molecular formula is C19H25ClN2O2. The van der Waals surface area contributed by atoms with Crippen molar-refractivity contribution in [3.05, 3.63) is 34.9 Å². The Labute approximate surface area is 148 Å². The predicted molar refractivity (Wildman–Crippen MR) is 94.7 cm³/mol. The zero-order valence-corrected chi connectivity index (χ0v) is 14.9. The molecule has 0 spiro atoms. The highest BCUT2D eigenvalue weighted by molar-refractivity contribution is 6.30. The van der Waals surface area contributed by atoms with Crippen molar-refractivity contribution < 1.29 is 9.59 Å². The van der Waals surface area contributed by atoms with Crippen LogP contribution < -0.4 is 5.32 Å². The van der Waals surface area contributed by atoms with E-state index in [-0.39, 0.29) is 23.7 Å². The van der Waals surface area contributed by atoms with Crippen molar-refractivity contribution in [3.63, 3.8) is 0 Å². The van der Waals surface area contributed by atoms with Crippen molar-refractivity contribution >= 4 is 23.4 Å². The van der Waals surface area contributed by atoms with Gasteiger partial charge >= 0.3 is 0 Å². The van der Waals surface area contributed by atoms with Crippen LogP contribution in [-0.4, -0.2) is 36.3 Å². The zero-order valence-electron chi connectivity index (χ0n) is 14.1. The Balaban J connectivity index is 1.40. The Morgan fingerprint density at radius 2 is 2.00 bits per heavy atom. The molecule has 1 heterocycles. The summed E-state index contributed by atoms with van der Waals surface area (Å²) in [6.07, 6.45) is 3.76. The summed E-state index contributed by atoms with van der Waals surface area (Å²) in [5, 5.41) is 3.68. The fraction of sp³-hybridized carbons (Fsp3) is 0.579. The second-order valence-corrected chi connectivity index (χ2v) is 7.58. The molecule has 0 bridgehead atoms. The molecule has 2 fully saturated rings. The van der Waals surface area contributed by atoms with Gasteiger partial charge in [0, 0.05) is 24.7 Å². The largest absolute Gasteiger partial charge is 0.356 e. The van der Waals surface area contributed by atoms with Gasteiger partial charge in [-0.25, -0.2) is 0 Å². The smallest absolute Gasteiger partial charge is 0.226 e. The van der Waals surface area contributed by atoms with E-state index >= 15 is 0 Å². The minimum Gasteiger partial charge on any atom is -0.356 e. The topological polar surface area (TPSA) is 49.4 Å². The summed E-state index contributed by atoms with van der Waals surface area (Å²) in [7, 11) is 0. The van der Waals surface area contributed by atoms with Crippen LogP contribution in [0.1, 0.15) is 31.7 Å². The number of halogens is 1. The molecule has 2 amide bonds. The summed E-state index contributed by atoms with van der Waals surface area (Å²) in [6.45, 7) is 4.48. The molecular weight excluding hydrogens is 324 g/mol. The maximum atomic E-state index is 12.5. The van der Waals surface area contributed by atoms with Gasteiger partial charge in [0.1, 0.15) is 0 Å². The molecule has 3 unspecified atom stereocenters. The number of rotatable bonds is 5. The van der Waals surface area contributed by atoms with Crippen molar-refractivity contribution in [2.75, 3.05) is 19.6 Å². The molecule has 1 aromatic rings. The first-order chi connectivity index (χ1) is 11.5. The second kappa shape index (κ2) is 7.56. The lowest BCUT2D eigenvalue weighted by Crippen LogP contribution is -2.41. The van der Waals surface area contributed by atoms with Crippen LogP contribution >= 0.6 is 11.6 Å². The van der Waals surface area contributed by atoms with E-state index in [1.54, 1.807) is 0 Å². The van der Waals surface area contributed by atoms with Gasteiger partial charge in [-0.3, -0.25) is 9.59 Å². The van der Waals surface area contributed by atoms with Gasteiger partial charge in [-0.15, -0.1) is 0 Å². The van der Waals surface area contributed by atoms with Gasteiger partial charge < -0.3 is 10.2 Å². The van der Waals surface area contributed by atoms with Crippen LogP contribution in [0.15, 0.2) is 24.3 Å². The summed E-state index contributed by atoms with van der Waals surface area (Å²) in [5.41, 5.74) is 1.14. The zero-order chi connectivity index (χ0) is 17.1. The van der Waals surface area contributed by atoms with Crippen molar-refractivity contribution in [2.45, 2.75) is 32.6 Å². The van der Waals surface area contributed by atoms with Crippen LogP contribution in [0.3, 0.4) is 0 Å². The maximum absolute atomic E-state index is 12.5. The molecule has 1 N–H and O–H groups in total. The van der Waals surface area contributed by atoms with E-state index in [4.69, 9.17) is 11.6 Å². The molecule has 1 saturated heterocycles. The van der Waals surface area contributed by atoms with Crippen LogP contribution in [0.25, 0.3) is 0 Å². The number of hydrogen-bond donors (Lipinski definition) is 1. The number of carbonyl (C=O) groups is 2. The third-order valence-electron chi connectivity index (χ3n) is 5.04. The molecule has 3 atom stereocenters. The highest BCUT2D eigenvalue weighted by Crippen LogP contribution is 2.40. The summed E-state index contributed by atoms with van der Waals surface area (Å²) < 4.78 is 0. The first kappa shape index (κ1) is 17.3. The Hall–Kier alpha value is -1.55. The first-order valence-electron chi connectivity index (χ1n) is 8.85. The van der Waals surface area contributed by atoms with Crippen LogP contribution in [-0.2, 0) is 16.0 Å². The van der Waals surface area contributed by atoms with Gasteiger partial charge in [-0.1, -0.05) is 30.7 Å². The molecule has 2 aliphatic rings. The molecule has 4 nitrogen and oxygen atoms in total. The van der Waals surface area contributed by atoms with E-state index in [0.29, 0.717) is 23.9 Å². The summed E-state index contributed by atoms with van der Waals surface area (Å²) in [5.74, 6) is 0.561. The number of carbonyl (C=O) groups excluding carboxylic acids is 2. The third-order valence-corrected chi connectivity index (χ3v) is 5.29. The Bertz CT molecular complexity index is 602. The summed E-state index contributed by atoms with van der Waals surface area (Å²) in [6, 6.07) is 7.65. The lowest BCUT2D eigenvalue weighted by Gasteiger charge is -2.31. The SMILES string of the molecule is CC1CCCN(C(=O)C2CC2C(=O)NCCc2ccc(Cl)cc2)C1. The van der Waals surface area contributed by atoms with Crippen molar-refractivity contribution in [1.82, 2.24) is 10.2 Å². The summed E-state index contributed by atoms with van der Waals surface area (Å²) >= 11 is 5.86. The molecule has 24 heavy (non-hydrogen) atoms. The third kappa shape index (κ3) is 4.29. The van der Waals surface area contributed by atoms with E-state index in [2.05, 4.69) is 12.2 Å². The fourth-order valence-corrected chi connectivity index (χ4v) is 3.62. The Morgan fingerprint density at radius 3 is 2.71 bits per heavy atom. The van der Waals surface area contributed by atoms with Gasteiger partial charge in [0.25, 0.3) is 0 Å². The normalized spacial score (nSPS) is 26.1. The Kier molecular flexibility index (Phi) is 5.44. The van der Waals surface area contributed by atoms with E-state index in [1.807, 2.05) is 29.2 Å². The monoisotopic (exact) mass is 348 g/mol. The van der Waals surface area contributed by atoms with Crippen molar-refractivity contribution in [2.24, 2.45) is 17.8 Å². The number of nitrogens with one attached hydrogen (secondary N) is 1. The van der Waals surface area contributed by atoms with Crippen molar-refractivity contribution in [3.8, 4) is 0 Å². The highest BCUT2D eigenvalue weighted by atomic mass is 35.5. The minimum absolute atomic E-state index is 0.0207. The fourth-order valence-electron chi connectivity index (χ4n) is 3.49. The van der Waals surface area contributed by atoms with Gasteiger partial charge in [-0.05, 0) is 49.3 Å². The molecule has 1 aliphatic carbocycles. The molecule has 1 aromatic carbocycles. The van der Waals surface area contributed by atoms with Crippen LogP contribution in [0.2, 0.25) is 5.02 Å². The van der Waals surface area contributed by atoms with E-state index in [1.165, 1.54) is 6.42 Å². The van der Waals surface area contributed by atoms with Crippen molar-refractivity contribution in [1.29, 1.82) is 0 Å². The van der Waals surface area contributed by atoms with Crippen LogP contribution in [0.4, 0.5) is 0 Å². The first-order valence-corrected chi connectivity index (χ1v) is 9.23. The Morgan fingerprint density at radius 1 is 1.25 bits per heavy atom. The maximum Gasteiger partial charge on any atom is 0.226 e. The van der Waals surface area contributed by atoms with E-state index in [9.17, 15) is 9.59 Å².